The lowest BCUT2D eigenvalue weighted by molar-refractivity contribution is -0.0668. The van der Waals surface area contributed by atoms with Gasteiger partial charge in [-0.15, -0.1) is 24.0 Å². The zero-order valence-electron chi connectivity index (χ0n) is 19.3. The van der Waals surface area contributed by atoms with Crippen LogP contribution in [0.15, 0.2) is 9.41 Å². The average Bonchev–Trinajstić information content (AvgIpc) is 2.95. The van der Waals surface area contributed by atoms with Crippen LogP contribution in [0.4, 0.5) is 0 Å². The van der Waals surface area contributed by atoms with Crippen LogP contribution in [0.1, 0.15) is 64.8 Å². The van der Waals surface area contributed by atoms with Crippen LogP contribution in [0.25, 0.3) is 0 Å². The summed E-state index contributed by atoms with van der Waals surface area (Å²) >= 11 is 0. The molecule has 166 valence electrons. The molecule has 7 heteroatoms. The number of halogens is 1. The van der Waals surface area contributed by atoms with Crippen molar-refractivity contribution in [3.05, 3.63) is 17.3 Å². The monoisotopic (exact) mass is 517 g/mol. The largest absolute Gasteiger partial charge is 0.444 e. The first-order valence-corrected chi connectivity index (χ1v) is 10.8. The van der Waals surface area contributed by atoms with Crippen molar-refractivity contribution in [2.45, 2.75) is 73.4 Å². The van der Waals surface area contributed by atoms with E-state index in [0.29, 0.717) is 11.3 Å². The molecule has 0 aliphatic carbocycles. The SMILES string of the molecule is CCNC(=NCC1CCN(Cc2nc(C)c(C)o2)CC1)N1CC(C)(C)C1(C)C.I. The molecule has 0 amide bonds. The van der Waals surface area contributed by atoms with E-state index in [1.54, 1.807) is 0 Å². The minimum atomic E-state index is 0. The fourth-order valence-corrected chi connectivity index (χ4v) is 4.14. The number of rotatable bonds is 5. The summed E-state index contributed by atoms with van der Waals surface area (Å²) < 4.78 is 5.74. The molecule has 0 atom stereocenters. The van der Waals surface area contributed by atoms with E-state index >= 15 is 0 Å². The number of aliphatic imine (C=N–C) groups is 1. The molecular formula is C22H40IN5O. The Bertz CT molecular complexity index is 685. The second kappa shape index (κ2) is 9.54. The number of aryl methyl sites for hydroxylation is 2. The zero-order chi connectivity index (χ0) is 20.5. The number of likely N-dealkylation sites (tertiary alicyclic amines) is 2. The van der Waals surface area contributed by atoms with Crippen molar-refractivity contribution in [3.8, 4) is 0 Å². The molecule has 0 unspecified atom stereocenters. The highest BCUT2D eigenvalue weighted by Gasteiger charge is 2.53. The number of hydrogen-bond acceptors (Lipinski definition) is 4. The highest BCUT2D eigenvalue weighted by molar-refractivity contribution is 14.0. The molecule has 0 radical (unpaired) electrons. The Kier molecular flexibility index (Phi) is 8.04. The molecule has 3 rings (SSSR count). The molecule has 0 aromatic carbocycles. The van der Waals surface area contributed by atoms with E-state index in [2.05, 4.69) is 54.7 Å². The van der Waals surface area contributed by atoms with Crippen molar-refractivity contribution in [2.75, 3.05) is 32.7 Å². The van der Waals surface area contributed by atoms with Crippen molar-refractivity contribution in [1.82, 2.24) is 20.1 Å². The van der Waals surface area contributed by atoms with Gasteiger partial charge in [0, 0.05) is 30.6 Å². The van der Waals surface area contributed by atoms with Crippen molar-refractivity contribution in [1.29, 1.82) is 0 Å². The highest BCUT2D eigenvalue weighted by atomic mass is 127. The van der Waals surface area contributed by atoms with E-state index in [9.17, 15) is 0 Å². The molecule has 2 aliphatic heterocycles. The Morgan fingerprint density at radius 1 is 1.21 bits per heavy atom. The molecule has 0 saturated carbocycles. The number of nitrogens with zero attached hydrogens (tertiary/aromatic N) is 4. The summed E-state index contributed by atoms with van der Waals surface area (Å²) in [4.78, 5) is 14.4. The van der Waals surface area contributed by atoms with Gasteiger partial charge in [-0.05, 0) is 66.5 Å². The minimum absolute atomic E-state index is 0. The van der Waals surface area contributed by atoms with Crippen molar-refractivity contribution in [2.24, 2.45) is 16.3 Å². The fraction of sp³-hybridized carbons (Fsp3) is 0.818. The fourth-order valence-electron chi connectivity index (χ4n) is 4.14. The molecule has 2 saturated heterocycles. The van der Waals surface area contributed by atoms with Gasteiger partial charge in [0.2, 0.25) is 5.89 Å². The molecule has 0 spiro atoms. The molecule has 1 N–H and O–H groups in total. The summed E-state index contributed by atoms with van der Waals surface area (Å²) in [6, 6.07) is 0. The number of piperidine rings is 1. The van der Waals surface area contributed by atoms with Crippen LogP contribution in [0.2, 0.25) is 0 Å². The molecule has 1 aromatic heterocycles. The van der Waals surface area contributed by atoms with Gasteiger partial charge in [-0.3, -0.25) is 9.89 Å². The number of nitrogens with one attached hydrogen (secondary N) is 1. The van der Waals surface area contributed by atoms with E-state index in [1.165, 1.54) is 12.8 Å². The summed E-state index contributed by atoms with van der Waals surface area (Å²) in [5, 5.41) is 3.51. The maximum atomic E-state index is 5.74. The van der Waals surface area contributed by atoms with Crippen LogP contribution >= 0.6 is 24.0 Å². The molecule has 0 bridgehead atoms. The Hall–Kier alpha value is -0.830. The Morgan fingerprint density at radius 2 is 1.86 bits per heavy atom. The van der Waals surface area contributed by atoms with E-state index in [-0.39, 0.29) is 29.5 Å². The van der Waals surface area contributed by atoms with Crippen LogP contribution in [0, 0.1) is 25.2 Å². The van der Waals surface area contributed by atoms with Crippen LogP contribution in [-0.4, -0.2) is 59.0 Å². The number of guanidine groups is 1. The summed E-state index contributed by atoms with van der Waals surface area (Å²) in [6.45, 7) is 21.4. The second-order valence-electron chi connectivity index (χ2n) is 9.69. The minimum Gasteiger partial charge on any atom is -0.444 e. The third-order valence-corrected chi connectivity index (χ3v) is 7.11. The topological polar surface area (TPSA) is 56.9 Å². The van der Waals surface area contributed by atoms with Crippen LogP contribution in [0.5, 0.6) is 0 Å². The normalized spacial score (nSPS) is 22.2. The van der Waals surface area contributed by atoms with Gasteiger partial charge >= 0.3 is 0 Å². The predicted molar refractivity (Wildman–Crippen MR) is 130 cm³/mol. The van der Waals surface area contributed by atoms with Crippen molar-refractivity contribution >= 4 is 29.9 Å². The molecule has 29 heavy (non-hydrogen) atoms. The first kappa shape index (κ1) is 24.4. The lowest BCUT2D eigenvalue weighted by atomic mass is 9.65. The van der Waals surface area contributed by atoms with Gasteiger partial charge < -0.3 is 14.6 Å². The maximum absolute atomic E-state index is 5.74. The number of oxazole rings is 1. The quantitative estimate of drug-likeness (QED) is 0.361. The smallest absolute Gasteiger partial charge is 0.208 e. The molecule has 3 heterocycles. The predicted octanol–water partition coefficient (Wildman–Crippen LogP) is 4.21. The van der Waals surface area contributed by atoms with Gasteiger partial charge in [0.05, 0.1) is 12.2 Å². The van der Waals surface area contributed by atoms with Gasteiger partial charge in [0.15, 0.2) is 5.96 Å². The van der Waals surface area contributed by atoms with Crippen molar-refractivity contribution < 1.29 is 4.42 Å². The van der Waals surface area contributed by atoms with Gasteiger partial charge in [-0.2, -0.15) is 0 Å². The van der Waals surface area contributed by atoms with Crippen LogP contribution in [0.3, 0.4) is 0 Å². The Labute approximate surface area is 193 Å². The molecule has 2 aliphatic rings. The lowest BCUT2D eigenvalue weighted by Gasteiger charge is -2.62. The van der Waals surface area contributed by atoms with Crippen LogP contribution < -0.4 is 5.32 Å². The standard InChI is InChI=1S/C22H39N5O.HI/c1-8-23-20(27-15-21(4,5)22(27,6)7)24-13-18-9-11-26(12-10-18)14-19-25-16(2)17(3)28-19;/h18H,8-15H2,1-7H3,(H,23,24);1H. The average molecular weight is 518 g/mol. The summed E-state index contributed by atoms with van der Waals surface area (Å²) in [5.41, 5.74) is 1.47. The molecule has 2 fully saturated rings. The molecule has 6 nitrogen and oxygen atoms in total. The molecule has 1 aromatic rings. The Morgan fingerprint density at radius 3 is 2.34 bits per heavy atom. The maximum Gasteiger partial charge on any atom is 0.208 e. The van der Waals surface area contributed by atoms with E-state index < -0.39 is 0 Å². The zero-order valence-corrected chi connectivity index (χ0v) is 21.7. The van der Waals surface area contributed by atoms with Crippen LogP contribution in [-0.2, 0) is 6.54 Å². The summed E-state index contributed by atoms with van der Waals surface area (Å²) in [6.07, 6.45) is 2.38. The first-order valence-electron chi connectivity index (χ1n) is 10.8. The van der Waals surface area contributed by atoms with Gasteiger partial charge in [0.1, 0.15) is 5.76 Å². The second-order valence-corrected chi connectivity index (χ2v) is 9.69. The third kappa shape index (κ3) is 5.27. The van der Waals surface area contributed by atoms with Crippen molar-refractivity contribution in [3.63, 3.8) is 0 Å². The van der Waals surface area contributed by atoms with Gasteiger partial charge in [0.25, 0.3) is 0 Å². The van der Waals surface area contributed by atoms with Gasteiger partial charge in [-0.25, -0.2) is 4.98 Å². The number of hydrogen-bond donors (Lipinski definition) is 1. The van der Waals surface area contributed by atoms with E-state index in [4.69, 9.17) is 9.41 Å². The first-order chi connectivity index (χ1) is 13.1. The number of aromatic nitrogens is 1. The van der Waals surface area contributed by atoms with E-state index in [1.807, 2.05) is 13.8 Å². The molecular weight excluding hydrogens is 477 g/mol. The third-order valence-electron chi connectivity index (χ3n) is 7.11. The highest BCUT2D eigenvalue weighted by Crippen LogP contribution is 2.46. The lowest BCUT2D eigenvalue weighted by Crippen LogP contribution is -2.72. The van der Waals surface area contributed by atoms with Gasteiger partial charge in [-0.1, -0.05) is 13.8 Å². The Balaban J connectivity index is 0.00000300. The summed E-state index contributed by atoms with van der Waals surface area (Å²) in [7, 11) is 0. The van der Waals surface area contributed by atoms with E-state index in [0.717, 1.165) is 62.6 Å². The summed E-state index contributed by atoms with van der Waals surface area (Å²) in [5.74, 6) is 3.53.